The maximum Gasteiger partial charge on any atom is 0.328 e. The Morgan fingerprint density at radius 3 is 2.67 bits per heavy atom. The molecular weight excluding hydrogens is 238 g/mol. The fourth-order valence-corrected chi connectivity index (χ4v) is 2.12. The van der Waals surface area contributed by atoms with E-state index in [0.29, 0.717) is 5.92 Å². The van der Waals surface area contributed by atoms with E-state index >= 15 is 0 Å². The van der Waals surface area contributed by atoms with Crippen LogP contribution in [0.3, 0.4) is 0 Å². The van der Waals surface area contributed by atoms with Crippen molar-refractivity contribution in [2.24, 2.45) is 5.92 Å². The third-order valence-electron chi connectivity index (χ3n) is 3.21. The Balaban J connectivity index is 2.42. The molecule has 4 N–H and O–H groups in total. The minimum absolute atomic E-state index is 0.0364. The molecule has 1 aliphatic heterocycles. The number of aliphatic hydroxyl groups is 1. The van der Waals surface area contributed by atoms with E-state index in [0.717, 1.165) is 19.5 Å². The molecule has 1 aliphatic rings. The van der Waals surface area contributed by atoms with Crippen LogP contribution >= 0.6 is 0 Å². The zero-order valence-electron chi connectivity index (χ0n) is 10.7. The van der Waals surface area contributed by atoms with Crippen molar-refractivity contribution in [2.45, 2.75) is 25.4 Å². The molecule has 7 nitrogen and oxygen atoms in total. The lowest BCUT2D eigenvalue weighted by molar-refractivity contribution is -0.140. The number of aliphatic carboxylic acids is 1. The average Bonchev–Trinajstić information content (AvgIpc) is 2.29. The van der Waals surface area contributed by atoms with Gasteiger partial charge in [-0.1, -0.05) is 6.92 Å². The first-order chi connectivity index (χ1) is 8.43. The van der Waals surface area contributed by atoms with E-state index in [4.69, 9.17) is 10.2 Å². The molecular formula is C11H21N3O4. The molecule has 3 atom stereocenters. The van der Waals surface area contributed by atoms with Crippen LogP contribution in [-0.2, 0) is 4.79 Å². The maximum absolute atomic E-state index is 11.6. The molecule has 2 amide bonds. The number of nitrogens with one attached hydrogen (secondary N) is 2. The normalized spacial score (nSPS) is 26.4. The smallest absolute Gasteiger partial charge is 0.328 e. The standard InChI is InChI=1S/C11H21N3O4/c1-7-5-14(2)4-3-8(7)12-11(18)13-9(6-15)10(16)17/h7-9,15H,3-6H2,1-2H3,(H,16,17)(H2,12,13,18)/t7?,8?,9-/m1/s1. The number of rotatable bonds is 4. The number of carbonyl (C=O) groups is 2. The van der Waals surface area contributed by atoms with E-state index < -0.39 is 24.6 Å². The Bertz CT molecular complexity index is 311. The Kier molecular flexibility index (Phi) is 5.36. The monoisotopic (exact) mass is 259 g/mol. The van der Waals surface area contributed by atoms with E-state index in [-0.39, 0.29) is 6.04 Å². The number of carboxylic acid groups (broad SMARTS) is 1. The fraction of sp³-hybridized carbons (Fsp3) is 0.818. The van der Waals surface area contributed by atoms with E-state index in [1.807, 2.05) is 14.0 Å². The first-order valence-electron chi connectivity index (χ1n) is 6.03. The zero-order valence-corrected chi connectivity index (χ0v) is 10.7. The second-order valence-corrected chi connectivity index (χ2v) is 4.83. The number of carboxylic acids is 1. The summed E-state index contributed by atoms with van der Waals surface area (Å²) in [5, 5.41) is 22.5. The number of amides is 2. The summed E-state index contributed by atoms with van der Waals surface area (Å²) in [6.07, 6.45) is 0.835. The van der Waals surface area contributed by atoms with Crippen LogP contribution in [0.5, 0.6) is 0 Å². The zero-order chi connectivity index (χ0) is 13.7. The number of carbonyl (C=O) groups excluding carboxylic acids is 1. The number of likely N-dealkylation sites (tertiary alicyclic amines) is 1. The van der Waals surface area contributed by atoms with Crippen LogP contribution in [0.2, 0.25) is 0 Å². The fourth-order valence-electron chi connectivity index (χ4n) is 2.12. The molecule has 0 aromatic heterocycles. The summed E-state index contributed by atoms with van der Waals surface area (Å²) in [6.45, 7) is 3.22. The molecule has 0 aromatic carbocycles. The van der Waals surface area contributed by atoms with Crippen molar-refractivity contribution in [2.75, 3.05) is 26.7 Å². The molecule has 0 saturated carbocycles. The number of hydrogen-bond acceptors (Lipinski definition) is 4. The summed E-state index contributed by atoms with van der Waals surface area (Å²) in [7, 11) is 2.03. The Morgan fingerprint density at radius 2 is 2.17 bits per heavy atom. The summed E-state index contributed by atoms with van der Waals surface area (Å²) >= 11 is 0. The van der Waals surface area contributed by atoms with Gasteiger partial charge in [0, 0.05) is 12.6 Å². The second kappa shape index (κ2) is 6.55. The van der Waals surface area contributed by atoms with Crippen LogP contribution in [0, 0.1) is 5.92 Å². The summed E-state index contributed by atoms with van der Waals surface area (Å²) in [5.74, 6) is -0.934. The van der Waals surface area contributed by atoms with Gasteiger partial charge in [-0.05, 0) is 25.9 Å². The summed E-state index contributed by atoms with van der Waals surface area (Å²) < 4.78 is 0. The Labute approximate surface area is 106 Å². The van der Waals surface area contributed by atoms with Gasteiger partial charge >= 0.3 is 12.0 Å². The third kappa shape index (κ3) is 4.15. The third-order valence-corrected chi connectivity index (χ3v) is 3.21. The van der Waals surface area contributed by atoms with Crippen molar-refractivity contribution >= 4 is 12.0 Å². The van der Waals surface area contributed by atoms with Gasteiger partial charge in [0.25, 0.3) is 0 Å². The molecule has 0 aliphatic carbocycles. The van der Waals surface area contributed by atoms with Gasteiger partial charge in [-0.15, -0.1) is 0 Å². The van der Waals surface area contributed by atoms with Crippen molar-refractivity contribution < 1.29 is 19.8 Å². The van der Waals surface area contributed by atoms with Crippen molar-refractivity contribution in [3.8, 4) is 0 Å². The van der Waals surface area contributed by atoms with Crippen LogP contribution in [-0.4, -0.2) is 65.9 Å². The van der Waals surface area contributed by atoms with Crippen LogP contribution in [0.4, 0.5) is 4.79 Å². The quantitative estimate of drug-likeness (QED) is 0.522. The molecule has 2 unspecified atom stereocenters. The van der Waals surface area contributed by atoms with Gasteiger partial charge in [0.2, 0.25) is 0 Å². The van der Waals surface area contributed by atoms with Gasteiger partial charge in [-0.3, -0.25) is 0 Å². The molecule has 1 saturated heterocycles. The topological polar surface area (TPSA) is 102 Å². The molecule has 104 valence electrons. The number of hydrogen-bond donors (Lipinski definition) is 4. The predicted molar refractivity (Wildman–Crippen MR) is 65.2 cm³/mol. The molecule has 0 aromatic rings. The highest BCUT2D eigenvalue weighted by Gasteiger charge is 2.27. The van der Waals surface area contributed by atoms with Crippen molar-refractivity contribution in [3.05, 3.63) is 0 Å². The number of urea groups is 1. The molecule has 0 radical (unpaired) electrons. The maximum atomic E-state index is 11.6. The van der Waals surface area contributed by atoms with Crippen LogP contribution in [0.1, 0.15) is 13.3 Å². The number of piperidine rings is 1. The number of aliphatic hydroxyl groups excluding tert-OH is 1. The van der Waals surface area contributed by atoms with Gasteiger partial charge in [0.1, 0.15) is 0 Å². The Morgan fingerprint density at radius 1 is 1.50 bits per heavy atom. The van der Waals surface area contributed by atoms with E-state index in [9.17, 15) is 9.59 Å². The molecule has 18 heavy (non-hydrogen) atoms. The lowest BCUT2D eigenvalue weighted by atomic mass is 9.94. The van der Waals surface area contributed by atoms with Crippen molar-refractivity contribution in [1.29, 1.82) is 0 Å². The highest BCUT2D eigenvalue weighted by atomic mass is 16.4. The first kappa shape index (κ1) is 14.7. The Hall–Kier alpha value is -1.34. The highest BCUT2D eigenvalue weighted by Crippen LogP contribution is 2.15. The van der Waals surface area contributed by atoms with Gasteiger partial charge in [0.05, 0.1) is 6.61 Å². The van der Waals surface area contributed by atoms with Gasteiger partial charge in [-0.25, -0.2) is 9.59 Å². The molecule has 1 rings (SSSR count). The lowest BCUT2D eigenvalue weighted by Crippen LogP contribution is -2.54. The minimum Gasteiger partial charge on any atom is -0.480 e. The van der Waals surface area contributed by atoms with Crippen LogP contribution < -0.4 is 10.6 Å². The van der Waals surface area contributed by atoms with E-state index in [1.54, 1.807) is 0 Å². The van der Waals surface area contributed by atoms with E-state index in [1.165, 1.54) is 0 Å². The lowest BCUT2D eigenvalue weighted by Gasteiger charge is -2.35. The summed E-state index contributed by atoms with van der Waals surface area (Å²) in [4.78, 5) is 24.4. The van der Waals surface area contributed by atoms with Gasteiger partial charge < -0.3 is 25.7 Å². The minimum atomic E-state index is -1.26. The van der Waals surface area contributed by atoms with Gasteiger partial charge in [0.15, 0.2) is 6.04 Å². The SMILES string of the molecule is CC1CN(C)CCC1NC(=O)N[C@H](CO)C(=O)O. The highest BCUT2D eigenvalue weighted by molar-refractivity contribution is 5.82. The molecule has 0 bridgehead atoms. The molecule has 1 fully saturated rings. The molecule has 1 heterocycles. The van der Waals surface area contributed by atoms with Crippen LogP contribution in [0.25, 0.3) is 0 Å². The average molecular weight is 259 g/mol. The molecule has 0 spiro atoms. The molecule has 7 heteroatoms. The predicted octanol–water partition coefficient (Wildman–Crippen LogP) is -0.929. The van der Waals surface area contributed by atoms with Crippen molar-refractivity contribution in [1.82, 2.24) is 15.5 Å². The van der Waals surface area contributed by atoms with Crippen LogP contribution in [0.15, 0.2) is 0 Å². The number of nitrogens with zero attached hydrogens (tertiary/aromatic N) is 1. The largest absolute Gasteiger partial charge is 0.480 e. The van der Waals surface area contributed by atoms with E-state index in [2.05, 4.69) is 15.5 Å². The second-order valence-electron chi connectivity index (χ2n) is 4.83. The van der Waals surface area contributed by atoms with Gasteiger partial charge in [-0.2, -0.15) is 0 Å². The first-order valence-corrected chi connectivity index (χ1v) is 6.03. The summed E-state index contributed by atoms with van der Waals surface area (Å²) in [5.41, 5.74) is 0. The summed E-state index contributed by atoms with van der Waals surface area (Å²) in [6, 6.07) is -1.77. The van der Waals surface area contributed by atoms with Crippen molar-refractivity contribution in [3.63, 3.8) is 0 Å².